The second-order valence-corrected chi connectivity index (χ2v) is 9.06. The molecule has 18 heteroatoms. The maximum absolute atomic E-state index is 10.9. The topological polar surface area (TPSA) is 224 Å². The van der Waals surface area contributed by atoms with Crippen molar-refractivity contribution >= 4 is 56.4 Å². The van der Waals surface area contributed by atoms with E-state index in [-0.39, 0.29) is 29.4 Å². The minimum absolute atomic E-state index is 0.00583. The number of hydrogen-bond donors (Lipinski definition) is 2. The lowest BCUT2D eigenvalue weighted by Gasteiger charge is -2.22. The average Bonchev–Trinajstić information content (AvgIpc) is 2.58. The molecular weight excluding hydrogens is 503 g/mol. The number of aliphatic carboxylic acids is 1. The summed E-state index contributed by atoms with van der Waals surface area (Å²) in [5, 5.41) is 40.1. The fourth-order valence-electron chi connectivity index (χ4n) is 2.33. The van der Waals surface area contributed by atoms with Gasteiger partial charge in [0.2, 0.25) is 4.90 Å². The molecule has 0 saturated heterocycles. The smallest absolute Gasteiger partial charge is 0.317 e. The van der Waals surface area contributed by atoms with Crippen LogP contribution in [0.4, 0.5) is 17.1 Å². The summed E-state index contributed by atoms with van der Waals surface area (Å²) in [5.41, 5.74) is -3.96. The van der Waals surface area contributed by atoms with Crippen molar-refractivity contribution in [1.82, 2.24) is 4.90 Å². The van der Waals surface area contributed by atoms with Crippen LogP contribution in [-0.4, -0.2) is 74.1 Å². The lowest BCUT2D eigenvalue weighted by atomic mass is 10.2. The Bertz CT molecular complexity index is 940. The number of carboxylic acid groups (broad SMARTS) is 1. The number of benzene rings is 1. The first kappa shape index (κ1) is 29.3. The monoisotopic (exact) mass is 520 g/mol. The molecule has 2 atom stereocenters. The zero-order chi connectivity index (χ0) is 25.4. The zero-order valence-electron chi connectivity index (χ0n) is 16.5. The fraction of sp³-hybridized carbons (Fsp3) is 0.500. The molecule has 0 radical (unpaired) electrons. The van der Waals surface area contributed by atoms with Crippen molar-refractivity contribution in [3.05, 3.63) is 42.5 Å². The summed E-state index contributed by atoms with van der Waals surface area (Å²) >= 11 is 11.5. The fourth-order valence-corrected chi connectivity index (χ4v) is 3.52. The number of nitro benzene ring substituents is 3. The summed E-state index contributed by atoms with van der Waals surface area (Å²) in [4.78, 5) is 38.3. The lowest BCUT2D eigenvalue weighted by Crippen LogP contribution is -2.37. The van der Waals surface area contributed by atoms with Crippen LogP contribution in [0.1, 0.15) is 13.8 Å². The molecule has 32 heavy (non-hydrogen) atoms. The third kappa shape index (κ3) is 10.1. The van der Waals surface area contributed by atoms with Crippen molar-refractivity contribution in [2.24, 2.45) is 0 Å². The Balaban J connectivity index is 0.000000649. The van der Waals surface area contributed by atoms with E-state index < -0.39 is 52.8 Å². The molecule has 15 nitrogen and oxygen atoms in total. The van der Waals surface area contributed by atoms with Gasteiger partial charge in [-0.1, -0.05) is 0 Å². The molecule has 0 saturated carbocycles. The van der Waals surface area contributed by atoms with Crippen LogP contribution in [0.25, 0.3) is 0 Å². The van der Waals surface area contributed by atoms with Crippen molar-refractivity contribution in [1.29, 1.82) is 0 Å². The Kier molecular flexibility index (Phi) is 11.4. The summed E-state index contributed by atoms with van der Waals surface area (Å²) in [6.45, 7) is 4.74. The van der Waals surface area contributed by atoms with E-state index in [1.165, 1.54) is 0 Å². The Morgan fingerprint density at radius 2 is 1.38 bits per heavy atom. The summed E-state index contributed by atoms with van der Waals surface area (Å²) < 4.78 is 30.7. The maximum Gasteiger partial charge on any atom is 0.317 e. The Morgan fingerprint density at radius 3 is 1.59 bits per heavy atom. The van der Waals surface area contributed by atoms with E-state index in [4.69, 9.17) is 32.9 Å². The van der Waals surface area contributed by atoms with Gasteiger partial charge in [-0.25, -0.2) is 0 Å². The number of halogens is 2. The number of nitrogens with zero attached hydrogens (tertiary/aromatic N) is 4. The van der Waals surface area contributed by atoms with Gasteiger partial charge in [0.1, 0.15) is 0 Å². The molecule has 180 valence electrons. The molecule has 2 unspecified atom stereocenters. The molecule has 1 rings (SSSR count). The highest BCUT2D eigenvalue weighted by Gasteiger charge is 2.37. The van der Waals surface area contributed by atoms with Crippen LogP contribution in [0.5, 0.6) is 0 Å². The quantitative estimate of drug-likeness (QED) is 0.196. The van der Waals surface area contributed by atoms with E-state index >= 15 is 0 Å². The number of carboxylic acids is 1. The number of non-ortho nitro benzene ring substituents is 1. The van der Waals surface area contributed by atoms with E-state index in [1.807, 2.05) is 13.8 Å². The molecule has 0 heterocycles. The van der Waals surface area contributed by atoms with E-state index in [0.717, 1.165) is 0 Å². The normalized spacial score (nSPS) is 12.9. The van der Waals surface area contributed by atoms with E-state index in [9.17, 15) is 43.6 Å². The third-order valence-corrected chi connectivity index (χ3v) is 4.49. The van der Waals surface area contributed by atoms with E-state index in [1.54, 1.807) is 4.90 Å². The summed E-state index contributed by atoms with van der Waals surface area (Å²) in [7, 11) is -5.30. The minimum Gasteiger partial charge on any atom is -0.480 e. The van der Waals surface area contributed by atoms with Crippen molar-refractivity contribution in [2.75, 3.05) is 19.6 Å². The van der Waals surface area contributed by atoms with E-state index in [0.29, 0.717) is 13.1 Å². The van der Waals surface area contributed by atoms with Crippen molar-refractivity contribution in [3.63, 3.8) is 0 Å². The van der Waals surface area contributed by atoms with Crippen molar-refractivity contribution in [3.8, 4) is 0 Å². The van der Waals surface area contributed by atoms with Crippen LogP contribution < -0.4 is 0 Å². The molecule has 0 aromatic heterocycles. The summed E-state index contributed by atoms with van der Waals surface area (Å²) in [6, 6.07) is 0.409. The van der Waals surface area contributed by atoms with Gasteiger partial charge in [-0.3, -0.25) is 44.6 Å². The first-order valence-corrected chi connectivity index (χ1v) is 10.6. The molecule has 0 aliphatic rings. The van der Waals surface area contributed by atoms with Gasteiger partial charge >= 0.3 is 27.5 Å². The second-order valence-electron chi connectivity index (χ2n) is 6.21. The number of nitro groups is 3. The van der Waals surface area contributed by atoms with Gasteiger partial charge in [0.15, 0.2) is 0 Å². The van der Waals surface area contributed by atoms with Crippen molar-refractivity contribution < 1.29 is 37.6 Å². The highest BCUT2D eigenvalue weighted by atomic mass is 35.5. The predicted molar refractivity (Wildman–Crippen MR) is 111 cm³/mol. The molecule has 0 spiro atoms. The van der Waals surface area contributed by atoms with Gasteiger partial charge < -0.3 is 5.11 Å². The second kappa shape index (κ2) is 12.4. The zero-order valence-corrected chi connectivity index (χ0v) is 18.8. The SMILES string of the molecule is CC(Cl)CN(CC(=O)O)CC(C)Cl.O=[N+]([O-])c1cc([N+](=O)[O-])c(S(=O)(=O)O)c([N+](=O)[O-])c1. The Labute approximate surface area is 190 Å². The van der Waals surface area contributed by atoms with Crippen molar-refractivity contribution in [2.45, 2.75) is 29.5 Å². The van der Waals surface area contributed by atoms with Gasteiger partial charge in [0.05, 0.1) is 33.4 Å². The van der Waals surface area contributed by atoms with Gasteiger partial charge in [0, 0.05) is 23.8 Å². The van der Waals surface area contributed by atoms with Crippen LogP contribution in [0.3, 0.4) is 0 Å². The van der Waals surface area contributed by atoms with Crippen LogP contribution in [0.15, 0.2) is 17.0 Å². The van der Waals surface area contributed by atoms with Crippen LogP contribution in [0, 0.1) is 30.3 Å². The van der Waals surface area contributed by atoms with Gasteiger partial charge in [-0.2, -0.15) is 8.42 Å². The molecule has 0 amide bonds. The molecular formula is C14H18Cl2N4O11S. The molecule has 1 aromatic rings. The summed E-state index contributed by atoms with van der Waals surface area (Å²) in [5.74, 6) is -0.852. The third-order valence-electron chi connectivity index (χ3n) is 3.28. The highest BCUT2D eigenvalue weighted by molar-refractivity contribution is 7.86. The average molecular weight is 521 g/mol. The van der Waals surface area contributed by atoms with E-state index in [2.05, 4.69) is 0 Å². The maximum atomic E-state index is 10.9. The number of rotatable bonds is 10. The van der Waals surface area contributed by atoms with Gasteiger partial charge in [0.25, 0.3) is 5.69 Å². The molecule has 1 aromatic carbocycles. The molecule has 0 aliphatic heterocycles. The van der Waals surface area contributed by atoms with Crippen LogP contribution >= 0.6 is 23.2 Å². The summed E-state index contributed by atoms with van der Waals surface area (Å²) in [6.07, 6.45) is 0. The molecule has 0 fully saturated rings. The number of hydrogen-bond acceptors (Lipinski definition) is 10. The van der Waals surface area contributed by atoms with Crippen LogP contribution in [-0.2, 0) is 14.9 Å². The highest BCUT2D eigenvalue weighted by Crippen LogP contribution is 2.36. The standard InChI is InChI=1S/C8H15Cl2NO2.C6H3N3O9S/c1-6(9)3-11(4-7(2)10)5-8(12)13;10-7(11)3-1-4(8(12)13)6(19(16,17)18)5(2-3)9(14)15/h6-7H,3-5H2,1-2H3,(H,12,13);1-2H,(H,16,17,18). The molecule has 2 N–H and O–H groups in total. The Morgan fingerprint density at radius 1 is 1.00 bits per heavy atom. The molecule has 0 aliphatic carbocycles. The number of alkyl halides is 2. The number of carbonyl (C=O) groups is 1. The first-order chi connectivity index (χ1) is 14.5. The first-order valence-electron chi connectivity index (χ1n) is 8.28. The molecule has 0 bridgehead atoms. The van der Waals surface area contributed by atoms with Gasteiger partial charge in [-0.15, -0.1) is 23.2 Å². The largest absolute Gasteiger partial charge is 0.480 e. The van der Waals surface area contributed by atoms with Gasteiger partial charge in [-0.05, 0) is 13.8 Å². The predicted octanol–water partition coefficient (Wildman–Crippen LogP) is 2.29. The lowest BCUT2D eigenvalue weighted by molar-refractivity contribution is -0.407. The minimum atomic E-state index is -5.30. The van der Waals surface area contributed by atoms with Crippen LogP contribution in [0.2, 0.25) is 0 Å². The Hall–Kier alpha value is -2.66.